The summed E-state index contributed by atoms with van der Waals surface area (Å²) in [6.45, 7) is 1.67. The predicted molar refractivity (Wildman–Crippen MR) is 127 cm³/mol. The van der Waals surface area contributed by atoms with Gasteiger partial charge in [0.25, 0.3) is 0 Å². The van der Waals surface area contributed by atoms with Gasteiger partial charge in [-0.15, -0.1) is 11.3 Å². The van der Waals surface area contributed by atoms with E-state index in [0.29, 0.717) is 41.8 Å². The first-order chi connectivity index (χ1) is 16.0. The molecule has 2 aromatic carbocycles. The zero-order valence-corrected chi connectivity index (χ0v) is 19.7. The Morgan fingerprint density at radius 2 is 2.03 bits per heavy atom. The first-order valence-electron chi connectivity index (χ1n) is 10.6. The maximum Gasteiger partial charge on any atom is 0.230 e. The fourth-order valence-corrected chi connectivity index (χ4v) is 4.10. The quantitative estimate of drug-likeness (QED) is 0.511. The molecule has 1 aliphatic heterocycles. The second-order valence-electron chi connectivity index (χ2n) is 7.78. The Balaban J connectivity index is 1.35. The van der Waals surface area contributed by atoms with Crippen LogP contribution in [0.15, 0.2) is 47.8 Å². The van der Waals surface area contributed by atoms with E-state index in [-0.39, 0.29) is 18.4 Å². The van der Waals surface area contributed by atoms with Gasteiger partial charge in [-0.2, -0.15) is 0 Å². The van der Waals surface area contributed by atoms with E-state index in [4.69, 9.17) is 18.9 Å². The molecule has 0 spiro atoms. The maximum absolute atomic E-state index is 12.6. The molecule has 0 bridgehead atoms. The van der Waals surface area contributed by atoms with Crippen LogP contribution in [-0.4, -0.2) is 56.8 Å². The molecule has 1 amide bonds. The molecule has 0 saturated heterocycles. The molecule has 0 aliphatic carbocycles. The van der Waals surface area contributed by atoms with E-state index in [1.165, 1.54) is 11.3 Å². The number of aromatic nitrogens is 1. The first kappa shape index (κ1) is 22.9. The summed E-state index contributed by atoms with van der Waals surface area (Å²) in [4.78, 5) is 19.2. The van der Waals surface area contributed by atoms with Gasteiger partial charge in [-0.25, -0.2) is 4.98 Å². The van der Waals surface area contributed by atoms with Gasteiger partial charge in [0, 0.05) is 23.7 Å². The second kappa shape index (κ2) is 10.5. The minimum absolute atomic E-state index is 0.156. The molecule has 3 aromatic rings. The van der Waals surface area contributed by atoms with Crippen LogP contribution in [0.3, 0.4) is 0 Å². The van der Waals surface area contributed by atoms with E-state index >= 15 is 0 Å². The van der Waals surface area contributed by atoms with Gasteiger partial charge in [-0.3, -0.25) is 4.79 Å². The minimum Gasteiger partial charge on any atom is -0.493 e. The number of rotatable bonds is 9. The fraction of sp³-hybridized carbons (Fsp3) is 0.333. The van der Waals surface area contributed by atoms with Gasteiger partial charge >= 0.3 is 0 Å². The number of ether oxygens (including phenoxy) is 4. The summed E-state index contributed by atoms with van der Waals surface area (Å²) < 4.78 is 23.0. The highest BCUT2D eigenvalue weighted by Gasteiger charge is 2.25. The van der Waals surface area contributed by atoms with Gasteiger partial charge in [0.2, 0.25) is 5.91 Å². The highest BCUT2D eigenvalue weighted by molar-refractivity contribution is 7.09. The van der Waals surface area contributed by atoms with E-state index in [0.717, 1.165) is 17.3 Å². The number of hydrogen-bond acceptors (Lipinski definition) is 8. The normalized spacial score (nSPS) is 14.7. The number of thiazole rings is 1. The molecule has 2 heterocycles. The van der Waals surface area contributed by atoms with Crippen molar-refractivity contribution in [3.63, 3.8) is 0 Å². The van der Waals surface area contributed by atoms with Gasteiger partial charge in [-0.1, -0.05) is 12.1 Å². The van der Waals surface area contributed by atoms with Gasteiger partial charge in [0.15, 0.2) is 29.1 Å². The van der Waals surface area contributed by atoms with Crippen LogP contribution in [0.1, 0.15) is 16.8 Å². The Hall–Kier alpha value is -3.30. The second-order valence-corrected chi connectivity index (χ2v) is 8.67. The van der Waals surface area contributed by atoms with Crippen molar-refractivity contribution in [3.8, 4) is 23.0 Å². The first-order valence-corrected chi connectivity index (χ1v) is 11.5. The zero-order valence-electron chi connectivity index (χ0n) is 18.9. The van der Waals surface area contributed by atoms with Crippen LogP contribution in [0.5, 0.6) is 23.0 Å². The Kier molecular flexibility index (Phi) is 7.31. The summed E-state index contributed by atoms with van der Waals surface area (Å²) in [5.74, 6) is 2.47. The summed E-state index contributed by atoms with van der Waals surface area (Å²) in [7, 11) is 5.55. The number of carbonyl (C=O) groups is 1. The number of methoxy groups -OCH3 is 1. The lowest BCUT2D eigenvalue weighted by Gasteiger charge is -2.24. The minimum atomic E-state index is -0.287. The van der Waals surface area contributed by atoms with Crippen LogP contribution in [0, 0.1) is 0 Å². The lowest BCUT2D eigenvalue weighted by molar-refractivity contribution is -0.115. The maximum atomic E-state index is 12.6. The molecule has 1 aliphatic rings. The lowest BCUT2D eigenvalue weighted by atomic mass is 10.2. The van der Waals surface area contributed by atoms with Crippen molar-refractivity contribution < 1.29 is 23.7 Å². The lowest BCUT2D eigenvalue weighted by Crippen LogP contribution is -2.21. The van der Waals surface area contributed by atoms with Crippen molar-refractivity contribution in [1.29, 1.82) is 0 Å². The molecular formula is C24H27N3O5S. The molecule has 1 N–H and O–H groups in total. The number of benzene rings is 2. The SMILES string of the molecule is COc1ccc(NC(=O)Cc2csc(C3COc4ccccc4O3)n2)cc1OCCN(C)C. The van der Waals surface area contributed by atoms with Gasteiger partial charge in [0.1, 0.15) is 18.2 Å². The molecule has 0 radical (unpaired) electrons. The fourth-order valence-electron chi connectivity index (χ4n) is 3.27. The molecule has 9 heteroatoms. The highest BCUT2D eigenvalue weighted by Crippen LogP contribution is 2.36. The van der Waals surface area contributed by atoms with Crippen molar-refractivity contribution >= 4 is 22.9 Å². The topological polar surface area (TPSA) is 82.2 Å². The van der Waals surface area contributed by atoms with Gasteiger partial charge in [-0.05, 0) is 38.4 Å². The number of hydrogen-bond donors (Lipinski definition) is 1. The van der Waals surface area contributed by atoms with E-state index in [1.807, 2.05) is 48.6 Å². The Bertz CT molecular complexity index is 1100. The number of amides is 1. The van der Waals surface area contributed by atoms with Crippen molar-refractivity contribution in [2.75, 3.05) is 46.3 Å². The number of carbonyl (C=O) groups excluding carboxylic acids is 1. The highest BCUT2D eigenvalue weighted by atomic mass is 32.1. The smallest absolute Gasteiger partial charge is 0.230 e. The standard InChI is InChI=1S/C24H27N3O5S/c1-27(2)10-11-30-21-12-16(8-9-18(21)29-3)25-23(28)13-17-15-33-24(26-17)22-14-31-19-6-4-5-7-20(19)32-22/h4-9,12,15,22H,10-11,13-14H2,1-3H3,(H,25,28). The molecule has 1 atom stereocenters. The zero-order chi connectivity index (χ0) is 23.2. The summed E-state index contributed by atoms with van der Waals surface area (Å²) in [5.41, 5.74) is 1.32. The van der Waals surface area contributed by atoms with E-state index in [9.17, 15) is 4.79 Å². The molecular weight excluding hydrogens is 442 g/mol. The summed E-state index contributed by atoms with van der Waals surface area (Å²) in [6, 6.07) is 12.9. The number of para-hydroxylation sites is 2. The monoisotopic (exact) mass is 469 g/mol. The van der Waals surface area contributed by atoms with Crippen molar-refractivity contribution in [1.82, 2.24) is 9.88 Å². The average Bonchev–Trinajstić information content (AvgIpc) is 3.27. The van der Waals surface area contributed by atoms with Crippen LogP contribution in [0.2, 0.25) is 0 Å². The number of likely N-dealkylation sites (N-methyl/N-ethyl adjacent to an activating group) is 1. The van der Waals surface area contributed by atoms with Crippen LogP contribution >= 0.6 is 11.3 Å². The Labute approximate surface area is 197 Å². The van der Waals surface area contributed by atoms with Crippen molar-refractivity contribution in [3.05, 3.63) is 58.5 Å². The average molecular weight is 470 g/mol. The van der Waals surface area contributed by atoms with Crippen LogP contribution < -0.4 is 24.3 Å². The number of nitrogens with zero attached hydrogens (tertiary/aromatic N) is 2. The molecule has 1 aromatic heterocycles. The van der Waals surface area contributed by atoms with E-state index in [1.54, 1.807) is 25.3 Å². The summed E-state index contributed by atoms with van der Waals surface area (Å²) in [5, 5.41) is 5.57. The summed E-state index contributed by atoms with van der Waals surface area (Å²) in [6.07, 6.45) is -0.131. The third-order valence-electron chi connectivity index (χ3n) is 4.94. The number of nitrogens with one attached hydrogen (secondary N) is 1. The molecule has 0 saturated carbocycles. The molecule has 8 nitrogen and oxygen atoms in total. The largest absolute Gasteiger partial charge is 0.493 e. The summed E-state index contributed by atoms with van der Waals surface area (Å²) >= 11 is 1.46. The molecule has 1 unspecified atom stereocenters. The van der Waals surface area contributed by atoms with Crippen LogP contribution in [0.4, 0.5) is 5.69 Å². The number of fused-ring (bicyclic) bond motifs is 1. The van der Waals surface area contributed by atoms with Crippen LogP contribution in [-0.2, 0) is 11.2 Å². The third kappa shape index (κ3) is 5.94. The predicted octanol–water partition coefficient (Wildman–Crippen LogP) is 3.79. The Morgan fingerprint density at radius 1 is 1.21 bits per heavy atom. The van der Waals surface area contributed by atoms with Gasteiger partial charge in [0.05, 0.1) is 19.2 Å². The third-order valence-corrected chi connectivity index (χ3v) is 5.92. The molecule has 0 fully saturated rings. The van der Waals surface area contributed by atoms with E-state index < -0.39 is 0 Å². The van der Waals surface area contributed by atoms with Crippen molar-refractivity contribution in [2.45, 2.75) is 12.5 Å². The van der Waals surface area contributed by atoms with Gasteiger partial charge < -0.3 is 29.2 Å². The molecule has 174 valence electrons. The molecule has 4 rings (SSSR count). The van der Waals surface area contributed by atoms with E-state index in [2.05, 4.69) is 10.3 Å². The molecule has 33 heavy (non-hydrogen) atoms. The number of anilines is 1. The van der Waals surface area contributed by atoms with Crippen molar-refractivity contribution in [2.24, 2.45) is 0 Å². The Morgan fingerprint density at radius 3 is 2.82 bits per heavy atom. The van der Waals surface area contributed by atoms with Crippen LogP contribution in [0.25, 0.3) is 0 Å².